The van der Waals surface area contributed by atoms with Crippen LogP contribution in [0.25, 0.3) is 0 Å². The van der Waals surface area contributed by atoms with Crippen molar-refractivity contribution in [3.05, 3.63) is 47.6 Å². The Balaban J connectivity index is 1.31. The van der Waals surface area contributed by atoms with Gasteiger partial charge in [-0.1, -0.05) is 23.4 Å². The number of amides is 1. The summed E-state index contributed by atoms with van der Waals surface area (Å²) in [5, 5.41) is 4.05. The highest BCUT2D eigenvalue weighted by atomic mass is 16.5. The Morgan fingerprint density at radius 2 is 1.87 bits per heavy atom. The highest BCUT2D eigenvalue weighted by Gasteiger charge is 2.29. The quantitative estimate of drug-likeness (QED) is 0.863. The van der Waals surface area contributed by atoms with Gasteiger partial charge in [-0.05, 0) is 25.0 Å². The van der Waals surface area contributed by atoms with E-state index >= 15 is 0 Å². The van der Waals surface area contributed by atoms with Gasteiger partial charge < -0.3 is 9.42 Å². The van der Waals surface area contributed by atoms with E-state index in [1.165, 1.54) is 12.8 Å². The zero-order chi connectivity index (χ0) is 15.6. The summed E-state index contributed by atoms with van der Waals surface area (Å²) < 4.78 is 5.33. The third kappa shape index (κ3) is 3.27. The average Bonchev–Trinajstić information content (AvgIpc) is 3.36. The highest BCUT2D eigenvalue weighted by molar-refractivity contribution is 5.94. The van der Waals surface area contributed by atoms with Gasteiger partial charge in [-0.15, -0.1) is 0 Å². The molecule has 1 aromatic carbocycles. The van der Waals surface area contributed by atoms with Crippen molar-refractivity contribution in [2.24, 2.45) is 0 Å². The standard InChI is InChI=1S/C17H20N4O2/c22-17(14-4-2-1-3-5-14)21-10-8-20(9-11-21)12-15-18-16(19-23-15)13-6-7-13/h1-5,13H,6-12H2. The highest BCUT2D eigenvalue weighted by Crippen LogP contribution is 2.38. The second-order valence-electron chi connectivity index (χ2n) is 6.25. The average molecular weight is 312 g/mol. The van der Waals surface area contributed by atoms with Crippen molar-refractivity contribution in [2.45, 2.75) is 25.3 Å². The fraction of sp³-hybridized carbons (Fsp3) is 0.471. The SMILES string of the molecule is O=C(c1ccccc1)N1CCN(Cc2nc(C3CC3)no2)CC1. The van der Waals surface area contributed by atoms with Gasteiger partial charge in [0.05, 0.1) is 6.54 Å². The summed E-state index contributed by atoms with van der Waals surface area (Å²) in [7, 11) is 0. The molecule has 1 aliphatic carbocycles. The minimum Gasteiger partial charge on any atom is -0.338 e. The lowest BCUT2D eigenvalue weighted by Gasteiger charge is -2.34. The topological polar surface area (TPSA) is 62.5 Å². The van der Waals surface area contributed by atoms with Crippen LogP contribution in [-0.2, 0) is 6.54 Å². The maximum Gasteiger partial charge on any atom is 0.253 e. The van der Waals surface area contributed by atoms with Gasteiger partial charge in [0.25, 0.3) is 5.91 Å². The molecule has 2 aromatic rings. The van der Waals surface area contributed by atoms with Crippen molar-refractivity contribution >= 4 is 5.91 Å². The molecular weight excluding hydrogens is 292 g/mol. The molecule has 1 aliphatic heterocycles. The molecule has 0 radical (unpaired) electrons. The molecule has 0 unspecified atom stereocenters. The van der Waals surface area contributed by atoms with Gasteiger partial charge in [-0.25, -0.2) is 0 Å². The molecule has 1 saturated heterocycles. The van der Waals surface area contributed by atoms with Gasteiger partial charge in [0, 0.05) is 37.7 Å². The largest absolute Gasteiger partial charge is 0.338 e. The van der Waals surface area contributed by atoms with E-state index in [0.29, 0.717) is 18.4 Å². The number of benzene rings is 1. The number of rotatable bonds is 4. The third-order valence-electron chi connectivity index (χ3n) is 4.47. The fourth-order valence-corrected chi connectivity index (χ4v) is 2.90. The molecule has 0 N–H and O–H groups in total. The first-order valence-electron chi connectivity index (χ1n) is 8.19. The first-order chi connectivity index (χ1) is 11.3. The number of carbonyl (C=O) groups excluding carboxylic acids is 1. The predicted molar refractivity (Wildman–Crippen MR) is 83.9 cm³/mol. The normalized spacial score (nSPS) is 19.0. The second-order valence-corrected chi connectivity index (χ2v) is 6.25. The Hall–Kier alpha value is -2.21. The van der Waals surface area contributed by atoms with Crippen molar-refractivity contribution in [1.82, 2.24) is 19.9 Å². The minimum absolute atomic E-state index is 0.110. The molecule has 4 rings (SSSR count). The minimum atomic E-state index is 0.110. The zero-order valence-electron chi connectivity index (χ0n) is 13.0. The van der Waals surface area contributed by atoms with Gasteiger partial charge >= 0.3 is 0 Å². The Labute approximate surface area is 135 Å². The summed E-state index contributed by atoms with van der Waals surface area (Å²) in [6, 6.07) is 9.46. The maximum absolute atomic E-state index is 12.4. The van der Waals surface area contributed by atoms with E-state index in [2.05, 4.69) is 15.0 Å². The third-order valence-corrected chi connectivity index (χ3v) is 4.47. The molecule has 0 bridgehead atoms. The number of carbonyl (C=O) groups is 1. The lowest BCUT2D eigenvalue weighted by molar-refractivity contribution is 0.0615. The summed E-state index contributed by atoms with van der Waals surface area (Å²) in [6.45, 7) is 3.81. The Bertz CT molecular complexity index is 673. The van der Waals surface area contributed by atoms with Crippen molar-refractivity contribution in [3.8, 4) is 0 Å². The van der Waals surface area contributed by atoms with Crippen LogP contribution in [0.5, 0.6) is 0 Å². The van der Waals surface area contributed by atoms with Crippen molar-refractivity contribution in [1.29, 1.82) is 0 Å². The Kier molecular flexibility index (Phi) is 3.83. The van der Waals surface area contributed by atoms with Gasteiger partial charge in [0.15, 0.2) is 5.82 Å². The molecule has 120 valence electrons. The maximum atomic E-state index is 12.4. The lowest BCUT2D eigenvalue weighted by Crippen LogP contribution is -2.48. The van der Waals surface area contributed by atoms with E-state index in [9.17, 15) is 4.79 Å². The summed E-state index contributed by atoms with van der Waals surface area (Å²) in [5.74, 6) is 2.18. The first-order valence-corrected chi connectivity index (χ1v) is 8.19. The van der Waals surface area contributed by atoms with E-state index in [4.69, 9.17) is 4.52 Å². The monoisotopic (exact) mass is 312 g/mol. The van der Waals surface area contributed by atoms with E-state index in [1.54, 1.807) is 0 Å². The van der Waals surface area contributed by atoms with Crippen molar-refractivity contribution in [3.63, 3.8) is 0 Å². The number of hydrogen-bond acceptors (Lipinski definition) is 5. The summed E-state index contributed by atoms with van der Waals surface area (Å²) in [6.07, 6.45) is 2.36. The van der Waals surface area contributed by atoms with Crippen molar-refractivity contribution < 1.29 is 9.32 Å². The molecule has 0 atom stereocenters. The molecule has 0 spiro atoms. The molecule has 2 heterocycles. The predicted octanol–water partition coefficient (Wildman–Crippen LogP) is 1.91. The number of piperazine rings is 1. The molecule has 1 amide bonds. The summed E-state index contributed by atoms with van der Waals surface area (Å²) in [5.41, 5.74) is 0.756. The molecule has 1 aromatic heterocycles. The van der Waals surface area contributed by atoms with Gasteiger partial charge in [-0.3, -0.25) is 9.69 Å². The molecular formula is C17H20N4O2. The van der Waals surface area contributed by atoms with Gasteiger partial charge in [-0.2, -0.15) is 4.98 Å². The van der Waals surface area contributed by atoms with E-state index < -0.39 is 0 Å². The second kappa shape index (κ2) is 6.12. The van der Waals surface area contributed by atoms with Crippen LogP contribution in [0.2, 0.25) is 0 Å². The molecule has 6 heteroatoms. The van der Waals surface area contributed by atoms with Crippen LogP contribution in [-0.4, -0.2) is 52.0 Å². The number of aromatic nitrogens is 2. The molecule has 2 aliphatic rings. The molecule has 2 fully saturated rings. The Morgan fingerprint density at radius 1 is 1.13 bits per heavy atom. The molecule has 1 saturated carbocycles. The summed E-state index contributed by atoms with van der Waals surface area (Å²) in [4.78, 5) is 21.1. The van der Waals surface area contributed by atoms with Crippen molar-refractivity contribution in [2.75, 3.05) is 26.2 Å². The van der Waals surface area contributed by atoms with Gasteiger partial charge in [0.2, 0.25) is 5.89 Å². The lowest BCUT2D eigenvalue weighted by atomic mass is 10.2. The van der Waals surface area contributed by atoms with Crippen LogP contribution >= 0.6 is 0 Å². The fourth-order valence-electron chi connectivity index (χ4n) is 2.90. The summed E-state index contributed by atoms with van der Waals surface area (Å²) >= 11 is 0. The Morgan fingerprint density at radius 3 is 2.57 bits per heavy atom. The van der Waals surface area contributed by atoms with Gasteiger partial charge in [0.1, 0.15) is 0 Å². The van der Waals surface area contributed by atoms with Crippen LogP contribution < -0.4 is 0 Å². The molecule has 6 nitrogen and oxygen atoms in total. The number of nitrogens with zero attached hydrogens (tertiary/aromatic N) is 4. The smallest absolute Gasteiger partial charge is 0.253 e. The van der Waals surface area contributed by atoms with Crippen LogP contribution in [0.1, 0.15) is 40.8 Å². The van der Waals surface area contributed by atoms with Crippen LogP contribution in [0.4, 0.5) is 0 Å². The van der Waals surface area contributed by atoms with Crippen LogP contribution in [0, 0.1) is 0 Å². The number of hydrogen-bond donors (Lipinski definition) is 0. The van der Waals surface area contributed by atoms with E-state index in [1.807, 2.05) is 35.2 Å². The van der Waals surface area contributed by atoms with E-state index in [-0.39, 0.29) is 5.91 Å². The van der Waals surface area contributed by atoms with Crippen LogP contribution in [0.15, 0.2) is 34.9 Å². The molecule has 23 heavy (non-hydrogen) atoms. The van der Waals surface area contributed by atoms with E-state index in [0.717, 1.165) is 37.6 Å². The first kappa shape index (κ1) is 14.4. The van der Waals surface area contributed by atoms with Crippen LogP contribution in [0.3, 0.4) is 0 Å². The zero-order valence-corrected chi connectivity index (χ0v) is 13.0.